The van der Waals surface area contributed by atoms with Crippen LogP contribution in [0.3, 0.4) is 0 Å². The molecule has 0 radical (unpaired) electrons. The molecule has 3 rings (SSSR count). The van der Waals surface area contributed by atoms with Crippen LogP contribution in [0.4, 0.5) is 0 Å². The molecule has 32 heavy (non-hydrogen) atoms. The molecule has 2 heterocycles. The zero-order valence-electron chi connectivity index (χ0n) is 18.4. The van der Waals surface area contributed by atoms with Crippen LogP contribution in [0.15, 0.2) is 34.1 Å². The summed E-state index contributed by atoms with van der Waals surface area (Å²) < 4.78 is 49.7. The van der Waals surface area contributed by atoms with Gasteiger partial charge in [-0.25, -0.2) is 16.8 Å². The van der Waals surface area contributed by atoms with Crippen molar-refractivity contribution >= 4 is 31.5 Å². The SMILES string of the molecule is Cc1cc(C(=O)N2CCCN(C(=O)c3cc(S(C)(=O)=O)cc(S(C)(=O)=O)c3)CC2)nn1C. The Labute approximate surface area is 187 Å². The van der Waals surface area contributed by atoms with Crippen molar-refractivity contribution in [2.45, 2.75) is 23.1 Å². The monoisotopic (exact) mass is 482 g/mol. The van der Waals surface area contributed by atoms with Crippen LogP contribution in [-0.4, -0.2) is 86.9 Å². The van der Waals surface area contributed by atoms with Crippen LogP contribution in [0.5, 0.6) is 0 Å². The maximum Gasteiger partial charge on any atom is 0.274 e. The molecule has 1 aromatic carbocycles. The lowest BCUT2D eigenvalue weighted by molar-refractivity contribution is 0.0715. The fourth-order valence-electron chi connectivity index (χ4n) is 3.46. The molecule has 0 spiro atoms. The third kappa shape index (κ3) is 5.18. The molecule has 1 saturated heterocycles. The smallest absolute Gasteiger partial charge is 0.274 e. The van der Waals surface area contributed by atoms with Gasteiger partial charge in [0.15, 0.2) is 25.4 Å². The molecule has 1 fully saturated rings. The van der Waals surface area contributed by atoms with Crippen molar-refractivity contribution < 1.29 is 26.4 Å². The Morgan fingerprint density at radius 3 is 1.75 bits per heavy atom. The molecule has 10 nitrogen and oxygen atoms in total. The van der Waals surface area contributed by atoms with Crippen LogP contribution in [0.25, 0.3) is 0 Å². The zero-order valence-corrected chi connectivity index (χ0v) is 20.0. The van der Waals surface area contributed by atoms with Crippen LogP contribution >= 0.6 is 0 Å². The van der Waals surface area contributed by atoms with Crippen molar-refractivity contribution in [2.75, 3.05) is 38.7 Å². The van der Waals surface area contributed by atoms with Gasteiger partial charge in [-0.3, -0.25) is 14.3 Å². The number of benzene rings is 1. The standard InChI is InChI=1S/C20H26N4O6S2/c1-14-10-18(21-22(14)2)20(26)24-7-5-6-23(8-9-24)19(25)15-11-16(31(3,27)28)13-17(12-15)32(4,29)30/h10-13H,5-9H2,1-4H3. The highest BCUT2D eigenvalue weighted by Crippen LogP contribution is 2.21. The van der Waals surface area contributed by atoms with E-state index >= 15 is 0 Å². The second-order valence-electron chi connectivity index (χ2n) is 7.97. The summed E-state index contributed by atoms with van der Waals surface area (Å²) >= 11 is 0. The number of amides is 2. The van der Waals surface area contributed by atoms with Gasteiger partial charge in [0.2, 0.25) is 0 Å². The highest BCUT2D eigenvalue weighted by molar-refractivity contribution is 7.91. The van der Waals surface area contributed by atoms with Crippen molar-refractivity contribution in [1.82, 2.24) is 19.6 Å². The van der Waals surface area contributed by atoms with Crippen molar-refractivity contribution in [2.24, 2.45) is 7.05 Å². The normalized spacial score (nSPS) is 15.5. The molecule has 0 aliphatic carbocycles. The van der Waals surface area contributed by atoms with E-state index < -0.39 is 25.6 Å². The summed E-state index contributed by atoms with van der Waals surface area (Å²) in [4.78, 5) is 28.6. The highest BCUT2D eigenvalue weighted by Gasteiger charge is 2.26. The largest absolute Gasteiger partial charge is 0.337 e. The van der Waals surface area contributed by atoms with Crippen molar-refractivity contribution in [3.63, 3.8) is 0 Å². The number of hydrogen-bond acceptors (Lipinski definition) is 7. The van der Waals surface area contributed by atoms with Gasteiger partial charge in [-0.15, -0.1) is 0 Å². The van der Waals surface area contributed by atoms with Crippen LogP contribution in [0, 0.1) is 6.92 Å². The van der Waals surface area contributed by atoms with Gasteiger partial charge in [0.05, 0.1) is 9.79 Å². The maximum absolute atomic E-state index is 13.1. The molecule has 0 atom stereocenters. The van der Waals surface area contributed by atoms with Crippen LogP contribution in [-0.2, 0) is 26.7 Å². The molecular weight excluding hydrogens is 456 g/mol. The lowest BCUT2D eigenvalue weighted by Gasteiger charge is -2.22. The van der Waals surface area contributed by atoms with Gasteiger partial charge in [-0.2, -0.15) is 5.10 Å². The molecule has 1 aromatic heterocycles. The molecule has 1 aliphatic heterocycles. The number of carbonyl (C=O) groups excluding carboxylic acids is 2. The molecule has 0 bridgehead atoms. The Hall–Kier alpha value is -2.73. The fourth-order valence-corrected chi connectivity index (χ4v) is 4.90. The van der Waals surface area contributed by atoms with E-state index in [2.05, 4.69) is 5.10 Å². The first-order valence-electron chi connectivity index (χ1n) is 9.92. The minimum absolute atomic E-state index is 0.0199. The summed E-state index contributed by atoms with van der Waals surface area (Å²) in [6, 6.07) is 5.15. The first-order chi connectivity index (χ1) is 14.8. The second-order valence-corrected chi connectivity index (χ2v) is 12.0. The topological polar surface area (TPSA) is 127 Å². The number of sulfone groups is 2. The third-order valence-corrected chi connectivity index (χ3v) is 7.57. The van der Waals surface area contributed by atoms with Gasteiger partial charge >= 0.3 is 0 Å². The summed E-state index contributed by atoms with van der Waals surface area (Å²) in [7, 11) is -5.70. The molecule has 12 heteroatoms. The highest BCUT2D eigenvalue weighted by atomic mass is 32.2. The van der Waals surface area contributed by atoms with E-state index in [0.717, 1.165) is 24.3 Å². The number of rotatable bonds is 4. The molecule has 2 aromatic rings. The van der Waals surface area contributed by atoms with E-state index in [-0.39, 0.29) is 34.4 Å². The Bertz CT molecular complexity index is 1210. The van der Waals surface area contributed by atoms with E-state index in [9.17, 15) is 26.4 Å². The summed E-state index contributed by atoms with van der Waals surface area (Å²) in [6.45, 7) is 3.15. The lowest BCUT2D eigenvalue weighted by Crippen LogP contribution is -2.37. The molecule has 1 aliphatic rings. The molecule has 0 N–H and O–H groups in total. The Morgan fingerprint density at radius 1 is 0.812 bits per heavy atom. The summed E-state index contributed by atoms with van der Waals surface area (Å²) in [5.74, 6) is -0.704. The van der Waals surface area contributed by atoms with Crippen molar-refractivity contribution in [1.29, 1.82) is 0 Å². The fraction of sp³-hybridized carbons (Fsp3) is 0.450. The zero-order chi connectivity index (χ0) is 23.8. The average Bonchev–Trinajstić information content (AvgIpc) is 2.90. The third-order valence-electron chi connectivity index (χ3n) is 5.39. The quantitative estimate of drug-likeness (QED) is 0.622. The predicted molar refractivity (Wildman–Crippen MR) is 117 cm³/mol. The number of aryl methyl sites for hydroxylation is 2. The predicted octanol–water partition coefficient (Wildman–Crippen LogP) is 0.524. The van der Waals surface area contributed by atoms with Gasteiger partial charge in [-0.05, 0) is 37.6 Å². The van der Waals surface area contributed by atoms with E-state index in [1.54, 1.807) is 22.7 Å². The Balaban J connectivity index is 1.83. The number of carbonyl (C=O) groups is 2. The number of hydrogen-bond donors (Lipinski definition) is 0. The molecule has 2 amide bonds. The summed E-state index contributed by atoms with van der Waals surface area (Å²) in [5.41, 5.74) is 1.17. The van der Waals surface area contributed by atoms with Gasteiger partial charge in [0.25, 0.3) is 11.8 Å². The second kappa shape index (κ2) is 8.66. The van der Waals surface area contributed by atoms with E-state index in [1.807, 2.05) is 6.92 Å². The Kier molecular flexibility index (Phi) is 6.47. The summed E-state index contributed by atoms with van der Waals surface area (Å²) in [5, 5.41) is 4.21. The van der Waals surface area contributed by atoms with Crippen molar-refractivity contribution in [3.8, 4) is 0 Å². The average molecular weight is 483 g/mol. The molecule has 174 valence electrons. The van der Waals surface area contributed by atoms with Crippen molar-refractivity contribution in [3.05, 3.63) is 41.2 Å². The van der Waals surface area contributed by atoms with Crippen LogP contribution < -0.4 is 0 Å². The van der Waals surface area contributed by atoms with E-state index in [1.165, 1.54) is 17.0 Å². The van der Waals surface area contributed by atoms with E-state index in [4.69, 9.17) is 0 Å². The lowest BCUT2D eigenvalue weighted by atomic mass is 10.2. The molecular formula is C20H26N4O6S2. The van der Waals surface area contributed by atoms with E-state index in [0.29, 0.717) is 25.2 Å². The molecule has 0 saturated carbocycles. The van der Waals surface area contributed by atoms with Gasteiger partial charge in [-0.1, -0.05) is 0 Å². The molecule has 0 unspecified atom stereocenters. The van der Waals surface area contributed by atoms with Gasteiger partial charge in [0.1, 0.15) is 0 Å². The Morgan fingerprint density at radius 2 is 1.31 bits per heavy atom. The first-order valence-corrected chi connectivity index (χ1v) is 13.7. The van der Waals surface area contributed by atoms with Gasteiger partial charge < -0.3 is 9.80 Å². The minimum atomic E-state index is -3.73. The van der Waals surface area contributed by atoms with Gasteiger partial charge in [0, 0.05) is 57.0 Å². The van der Waals surface area contributed by atoms with Crippen LogP contribution in [0.1, 0.15) is 33.0 Å². The maximum atomic E-state index is 13.1. The number of aromatic nitrogens is 2. The first kappa shape index (κ1) is 23.9. The minimum Gasteiger partial charge on any atom is -0.337 e. The summed E-state index contributed by atoms with van der Waals surface area (Å²) in [6.07, 6.45) is 2.43. The van der Waals surface area contributed by atoms with Crippen LogP contribution in [0.2, 0.25) is 0 Å². The number of nitrogens with zero attached hydrogens (tertiary/aromatic N) is 4.